The van der Waals surface area contributed by atoms with Crippen molar-refractivity contribution in [1.29, 1.82) is 0 Å². The molecule has 2 aromatic rings. The monoisotopic (exact) mass is 548 g/mol. The minimum absolute atomic E-state index is 0.147. The summed E-state index contributed by atoms with van der Waals surface area (Å²) in [7, 11) is 0. The third-order valence-electron chi connectivity index (χ3n) is 7.87. The number of benzene rings is 2. The average Bonchev–Trinajstić information content (AvgIpc) is 3.27. The molecule has 8 nitrogen and oxygen atoms in total. The Labute approximate surface area is 234 Å². The first kappa shape index (κ1) is 27.8. The van der Waals surface area contributed by atoms with Gasteiger partial charge in [-0.25, -0.2) is 14.2 Å². The lowest BCUT2D eigenvalue weighted by Gasteiger charge is -2.30. The first-order valence-corrected chi connectivity index (χ1v) is 14.0. The van der Waals surface area contributed by atoms with Gasteiger partial charge in [-0.05, 0) is 82.9 Å². The number of hydrogen-bond donors (Lipinski definition) is 1. The van der Waals surface area contributed by atoms with Crippen LogP contribution in [0.2, 0.25) is 0 Å². The number of para-hydroxylation sites is 1. The van der Waals surface area contributed by atoms with Crippen LogP contribution in [0.25, 0.3) is 0 Å². The topological polar surface area (TPSA) is 91.3 Å². The van der Waals surface area contributed by atoms with E-state index < -0.39 is 29.6 Å². The average molecular weight is 549 g/mol. The van der Waals surface area contributed by atoms with Crippen LogP contribution < -0.4 is 10.2 Å². The van der Waals surface area contributed by atoms with E-state index >= 15 is 4.39 Å². The molecule has 2 aromatic carbocycles. The Morgan fingerprint density at radius 1 is 1.00 bits per heavy atom. The molecule has 3 amide bonds. The Morgan fingerprint density at radius 2 is 1.62 bits per heavy atom. The molecule has 2 saturated heterocycles. The molecule has 3 fully saturated rings. The lowest BCUT2D eigenvalue weighted by Crippen LogP contribution is -2.52. The number of carbonyl (C=O) groups excluding carboxylic acids is 3. The minimum atomic E-state index is -1.43. The molecule has 0 radical (unpaired) electrons. The number of aryl methyl sites for hydroxylation is 1. The number of halogens is 1. The largest absolute Gasteiger partial charge is 0.444 e. The molecule has 2 bridgehead atoms. The molecule has 40 heavy (non-hydrogen) atoms. The number of fused-ring (bicyclic) bond motifs is 5. The van der Waals surface area contributed by atoms with E-state index in [1.165, 1.54) is 11.0 Å². The Hall–Kier alpha value is -3.75. The predicted octanol–water partition coefficient (Wildman–Crippen LogP) is 4.82. The molecule has 1 N–H and O–H groups in total. The second-order valence-corrected chi connectivity index (χ2v) is 12.1. The van der Waals surface area contributed by atoms with Crippen LogP contribution in [-0.2, 0) is 14.3 Å². The first-order chi connectivity index (χ1) is 19.0. The van der Waals surface area contributed by atoms with E-state index in [9.17, 15) is 14.4 Å². The van der Waals surface area contributed by atoms with Crippen molar-refractivity contribution in [2.75, 3.05) is 24.5 Å². The van der Waals surface area contributed by atoms with Crippen molar-refractivity contribution in [3.8, 4) is 0 Å². The molecule has 1 unspecified atom stereocenters. The Bertz CT molecular complexity index is 1330. The molecule has 4 aliphatic rings. The van der Waals surface area contributed by atoms with Gasteiger partial charge in [-0.1, -0.05) is 30.3 Å². The predicted molar refractivity (Wildman–Crippen MR) is 151 cm³/mol. The van der Waals surface area contributed by atoms with Gasteiger partial charge in [-0.3, -0.25) is 19.8 Å². The van der Waals surface area contributed by atoms with Crippen molar-refractivity contribution in [2.24, 2.45) is 16.8 Å². The number of amides is 3. The number of nitrogens with zero attached hydrogens (tertiary/aromatic N) is 3. The number of nitrogens with one attached hydrogen (secondary N) is 1. The second-order valence-electron chi connectivity index (χ2n) is 12.1. The molecule has 1 saturated carbocycles. The number of benzodiazepines with no additional fused rings is 1. The van der Waals surface area contributed by atoms with Crippen LogP contribution in [0.4, 0.5) is 14.9 Å². The SMILES string of the molecule is Cc1cccc2c1N(CC(=O)N1CC3CCC(CC3)C1)C(=O)C(NC(=O)OC(C)(C)C)N=C2c1ccccc1F. The number of alkyl carbamates (subject to hydrolysis) is 1. The Kier molecular flexibility index (Phi) is 7.66. The maximum Gasteiger partial charge on any atom is 0.409 e. The van der Waals surface area contributed by atoms with Gasteiger partial charge in [-0.2, -0.15) is 0 Å². The van der Waals surface area contributed by atoms with Crippen molar-refractivity contribution in [3.63, 3.8) is 0 Å². The van der Waals surface area contributed by atoms with Crippen LogP contribution in [0.3, 0.4) is 0 Å². The van der Waals surface area contributed by atoms with Crippen molar-refractivity contribution in [1.82, 2.24) is 10.2 Å². The van der Waals surface area contributed by atoms with Gasteiger partial charge in [0.1, 0.15) is 18.0 Å². The number of rotatable bonds is 4. The standard InChI is InChI=1S/C31H37FN4O4/c1-19-8-7-10-23-26(22-9-5-6-11-24(22)32)33-28(34-30(39)40-31(2,3)4)29(38)36(27(19)23)18-25(37)35-16-20-12-13-21(17-35)15-14-20/h5-11,20-21,28H,12-18H2,1-4H3,(H,34,39). The van der Waals surface area contributed by atoms with Crippen molar-refractivity contribution < 1.29 is 23.5 Å². The van der Waals surface area contributed by atoms with Gasteiger partial charge in [-0.15, -0.1) is 0 Å². The summed E-state index contributed by atoms with van der Waals surface area (Å²) in [6.45, 7) is 8.16. The lowest BCUT2D eigenvalue weighted by molar-refractivity contribution is -0.132. The van der Waals surface area contributed by atoms with Crippen LogP contribution in [-0.4, -0.2) is 59.9 Å². The zero-order valence-corrected chi connectivity index (χ0v) is 23.6. The second kappa shape index (κ2) is 11.0. The summed E-state index contributed by atoms with van der Waals surface area (Å²) >= 11 is 0. The van der Waals surface area contributed by atoms with Gasteiger partial charge in [0, 0.05) is 24.2 Å². The van der Waals surface area contributed by atoms with Gasteiger partial charge in [0.05, 0.1) is 11.4 Å². The molecule has 0 aromatic heterocycles. The number of anilines is 1. The summed E-state index contributed by atoms with van der Waals surface area (Å²) in [4.78, 5) is 48.6. The van der Waals surface area contributed by atoms with Crippen LogP contribution >= 0.6 is 0 Å². The first-order valence-electron chi connectivity index (χ1n) is 14.0. The number of carbonyl (C=O) groups is 3. The number of aliphatic imine (C=N–C) groups is 1. The minimum Gasteiger partial charge on any atom is -0.444 e. The van der Waals surface area contributed by atoms with Gasteiger partial charge in [0.2, 0.25) is 12.1 Å². The summed E-state index contributed by atoms with van der Waals surface area (Å²) in [5.41, 5.74) is 1.32. The Balaban J connectivity index is 1.56. The van der Waals surface area contributed by atoms with E-state index in [4.69, 9.17) is 4.74 Å². The van der Waals surface area contributed by atoms with E-state index in [0.29, 0.717) is 36.2 Å². The third kappa shape index (κ3) is 5.88. The normalized spacial score (nSPS) is 22.7. The summed E-state index contributed by atoms with van der Waals surface area (Å²) in [5, 5.41) is 2.57. The van der Waals surface area contributed by atoms with E-state index in [-0.39, 0.29) is 23.7 Å². The van der Waals surface area contributed by atoms with Crippen LogP contribution in [0.15, 0.2) is 47.5 Å². The lowest BCUT2D eigenvalue weighted by atomic mass is 9.84. The summed E-state index contributed by atoms with van der Waals surface area (Å²) < 4.78 is 20.5. The highest BCUT2D eigenvalue weighted by atomic mass is 19.1. The zero-order chi connectivity index (χ0) is 28.6. The number of hydrogen-bond acceptors (Lipinski definition) is 5. The van der Waals surface area contributed by atoms with Crippen LogP contribution in [0, 0.1) is 24.6 Å². The molecule has 1 aliphatic carbocycles. The van der Waals surface area contributed by atoms with Crippen LogP contribution in [0.5, 0.6) is 0 Å². The highest BCUT2D eigenvalue weighted by molar-refractivity contribution is 6.21. The van der Waals surface area contributed by atoms with Gasteiger partial charge < -0.3 is 9.64 Å². The summed E-state index contributed by atoms with van der Waals surface area (Å²) in [6, 6.07) is 11.6. The van der Waals surface area contributed by atoms with Crippen molar-refractivity contribution >= 4 is 29.3 Å². The van der Waals surface area contributed by atoms with Crippen LogP contribution in [0.1, 0.15) is 63.1 Å². The molecule has 9 heteroatoms. The van der Waals surface area contributed by atoms with E-state index in [1.807, 2.05) is 24.0 Å². The zero-order valence-electron chi connectivity index (χ0n) is 23.6. The van der Waals surface area contributed by atoms with E-state index in [0.717, 1.165) is 31.2 Å². The molecule has 212 valence electrons. The molecule has 6 rings (SSSR count). The quantitative estimate of drug-likeness (QED) is 0.593. The fourth-order valence-electron chi connectivity index (χ4n) is 5.99. The molecular formula is C31H37FN4O4. The smallest absolute Gasteiger partial charge is 0.409 e. The maximum absolute atomic E-state index is 15.1. The highest BCUT2D eigenvalue weighted by Gasteiger charge is 2.38. The van der Waals surface area contributed by atoms with E-state index in [1.54, 1.807) is 45.0 Å². The molecule has 0 spiro atoms. The summed E-state index contributed by atoms with van der Waals surface area (Å²) in [6.07, 6.45) is 2.24. The molecular weight excluding hydrogens is 511 g/mol. The Morgan fingerprint density at radius 3 is 2.25 bits per heavy atom. The number of ether oxygens (including phenoxy) is 1. The van der Waals surface area contributed by atoms with E-state index in [2.05, 4.69) is 10.3 Å². The third-order valence-corrected chi connectivity index (χ3v) is 7.87. The highest BCUT2D eigenvalue weighted by Crippen LogP contribution is 2.35. The van der Waals surface area contributed by atoms with Gasteiger partial charge in [0.25, 0.3) is 5.91 Å². The molecule has 3 heterocycles. The molecule has 1 atom stereocenters. The van der Waals surface area contributed by atoms with Gasteiger partial charge >= 0.3 is 6.09 Å². The molecule has 3 aliphatic heterocycles. The van der Waals surface area contributed by atoms with Gasteiger partial charge in [0.15, 0.2) is 0 Å². The van der Waals surface area contributed by atoms with Crippen molar-refractivity contribution in [3.05, 3.63) is 65.0 Å². The summed E-state index contributed by atoms with van der Waals surface area (Å²) in [5.74, 6) is -0.282. The van der Waals surface area contributed by atoms with Crippen molar-refractivity contribution in [2.45, 2.75) is 65.1 Å². The maximum atomic E-state index is 15.1. The fraction of sp³-hybridized carbons (Fsp3) is 0.484. The fourth-order valence-corrected chi connectivity index (χ4v) is 5.99.